The van der Waals surface area contributed by atoms with E-state index in [2.05, 4.69) is 10.6 Å². The molecule has 0 bridgehead atoms. The maximum atomic E-state index is 13.2. The highest BCUT2D eigenvalue weighted by atomic mass is 16.6. The lowest BCUT2D eigenvalue weighted by atomic mass is 10.1. The summed E-state index contributed by atoms with van der Waals surface area (Å²) >= 11 is 0. The second-order valence-corrected chi connectivity index (χ2v) is 8.90. The van der Waals surface area contributed by atoms with Crippen LogP contribution in [0.15, 0.2) is 54.6 Å². The number of hydrogen-bond donors (Lipinski definition) is 5. The molecule has 43 heavy (non-hydrogen) atoms. The quantitative estimate of drug-likeness (QED) is 0.123. The Bertz CT molecular complexity index is 1570. The summed E-state index contributed by atoms with van der Waals surface area (Å²) in [4.78, 5) is 61.5. The molecule has 0 aliphatic rings. The van der Waals surface area contributed by atoms with Crippen LogP contribution in [-0.4, -0.2) is 57.6 Å². The van der Waals surface area contributed by atoms with Gasteiger partial charge in [0.25, 0.3) is 11.8 Å². The zero-order valence-electron chi connectivity index (χ0n) is 23.4. The SMILES string of the molecule is CC(=O)Oc1cccc(C(=O)Nc2cc(NC(=O)c3cccc(OC(C)O)c3OC(C)O)cc(C(=O)O)c2)c1OC(C)=O. The van der Waals surface area contributed by atoms with Crippen molar-refractivity contribution in [2.75, 3.05) is 10.6 Å². The molecule has 14 nitrogen and oxygen atoms in total. The van der Waals surface area contributed by atoms with Crippen LogP contribution in [0.25, 0.3) is 0 Å². The van der Waals surface area contributed by atoms with Gasteiger partial charge in [-0.05, 0) is 56.3 Å². The van der Waals surface area contributed by atoms with Crippen LogP contribution in [0.4, 0.5) is 11.4 Å². The van der Waals surface area contributed by atoms with Gasteiger partial charge in [0.15, 0.2) is 35.6 Å². The van der Waals surface area contributed by atoms with E-state index in [-0.39, 0.29) is 51.1 Å². The molecular weight excluding hydrogens is 568 g/mol. The number of carboxylic acids is 1. The Balaban J connectivity index is 1.98. The Morgan fingerprint density at radius 2 is 1.16 bits per heavy atom. The summed E-state index contributed by atoms with van der Waals surface area (Å²) in [6, 6.07) is 11.7. The third kappa shape index (κ3) is 8.76. The first-order valence-corrected chi connectivity index (χ1v) is 12.6. The van der Waals surface area contributed by atoms with Crippen molar-refractivity contribution in [1.82, 2.24) is 0 Å². The predicted molar refractivity (Wildman–Crippen MR) is 149 cm³/mol. The average molecular weight is 597 g/mol. The van der Waals surface area contributed by atoms with E-state index in [1.54, 1.807) is 0 Å². The van der Waals surface area contributed by atoms with Crippen LogP contribution in [0.3, 0.4) is 0 Å². The summed E-state index contributed by atoms with van der Waals surface area (Å²) in [5.41, 5.74) is -0.778. The number of amides is 2. The normalized spacial score (nSPS) is 11.9. The minimum atomic E-state index is -1.38. The molecule has 3 aromatic carbocycles. The lowest BCUT2D eigenvalue weighted by Crippen LogP contribution is -2.20. The Morgan fingerprint density at radius 1 is 0.674 bits per heavy atom. The fourth-order valence-electron chi connectivity index (χ4n) is 3.73. The van der Waals surface area contributed by atoms with Crippen LogP contribution in [-0.2, 0) is 9.59 Å². The number of para-hydroxylation sites is 2. The van der Waals surface area contributed by atoms with Crippen molar-refractivity contribution in [3.8, 4) is 23.0 Å². The third-order valence-corrected chi connectivity index (χ3v) is 5.23. The van der Waals surface area contributed by atoms with Gasteiger partial charge in [-0.2, -0.15) is 0 Å². The maximum Gasteiger partial charge on any atom is 0.335 e. The molecular formula is C29H28N2O12. The van der Waals surface area contributed by atoms with E-state index in [4.69, 9.17) is 18.9 Å². The maximum absolute atomic E-state index is 13.2. The van der Waals surface area contributed by atoms with Crippen LogP contribution >= 0.6 is 0 Å². The summed E-state index contributed by atoms with van der Waals surface area (Å²) in [5, 5.41) is 34.0. The Labute approximate surface area is 244 Å². The number of nitrogens with one attached hydrogen (secondary N) is 2. The van der Waals surface area contributed by atoms with E-state index in [1.165, 1.54) is 56.3 Å². The van der Waals surface area contributed by atoms with Gasteiger partial charge in [-0.3, -0.25) is 19.2 Å². The largest absolute Gasteiger partial charge is 0.478 e. The number of aromatic carboxylic acids is 1. The van der Waals surface area contributed by atoms with Gasteiger partial charge in [0.05, 0.1) is 16.7 Å². The Hall–Kier alpha value is -5.47. The molecule has 3 aromatic rings. The number of esters is 2. The monoisotopic (exact) mass is 596 g/mol. The second-order valence-electron chi connectivity index (χ2n) is 8.90. The molecule has 0 saturated heterocycles. The number of ether oxygens (including phenoxy) is 4. The molecule has 0 aliphatic heterocycles. The predicted octanol–water partition coefficient (Wildman–Crippen LogP) is 3.17. The van der Waals surface area contributed by atoms with Gasteiger partial charge >= 0.3 is 17.9 Å². The van der Waals surface area contributed by atoms with Crippen molar-refractivity contribution in [3.63, 3.8) is 0 Å². The van der Waals surface area contributed by atoms with Crippen molar-refractivity contribution < 1.29 is 58.2 Å². The number of carbonyl (C=O) groups is 5. The molecule has 0 spiro atoms. The number of aliphatic hydroxyl groups excluding tert-OH is 2. The lowest BCUT2D eigenvalue weighted by molar-refractivity contribution is -0.134. The lowest BCUT2D eigenvalue weighted by Gasteiger charge is -2.19. The van der Waals surface area contributed by atoms with E-state index in [0.29, 0.717) is 0 Å². The fraction of sp³-hybridized carbons (Fsp3) is 0.207. The summed E-state index contributed by atoms with van der Waals surface area (Å²) in [6.07, 6.45) is -2.64. The second kappa shape index (κ2) is 13.9. The van der Waals surface area contributed by atoms with Gasteiger partial charge in [-0.15, -0.1) is 0 Å². The molecule has 14 heteroatoms. The topological polar surface area (TPSA) is 207 Å². The molecule has 226 valence electrons. The van der Waals surface area contributed by atoms with Gasteiger partial charge in [-0.25, -0.2) is 4.79 Å². The van der Waals surface area contributed by atoms with Gasteiger partial charge < -0.3 is 44.9 Å². The number of anilines is 2. The van der Waals surface area contributed by atoms with Crippen molar-refractivity contribution >= 4 is 41.1 Å². The summed E-state index contributed by atoms with van der Waals surface area (Å²) in [5.74, 6) is -5.35. The molecule has 3 rings (SSSR count). The van der Waals surface area contributed by atoms with Gasteiger partial charge in [0, 0.05) is 25.2 Å². The minimum absolute atomic E-state index is 0.0460. The molecule has 0 saturated carbocycles. The van der Waals surface area contributed by atoms with Crippen LogP contribution < -0.4 is 29.6 Å². The number of hydrogen-bond acceptors (Lipinski definition) is 11. The zero-order chi connectivity index (χ0) is 31.8. The minimum Gasteiger partial charge on any atom is -0.478 e. The van der Waals surface area contributed by atoms with Crippen LogP contribution in [0.5, 0.6) is 23.0 Å². The van der Waals surface area contributed by atoms with Crippen molar-refractivity contribution in [3.05, 3.63) is 71.3 Å². The standard InChI is InChI=1S/C29H28N2O12/c1-14(32)40-23-9-5-7-21(25(23)42-16(3)34)27(36)30-19-11-18(29(38)39)12-20(13-19)31-28(37)22-8-6-10-24(41-15(2)33)26(22)43-17(4)35/h5-14,16,32,34H,1-4H3,(H,30,36)(H,31,37)(H,38,39). The molecule has 2 atom stereocenters. The average Bonchev–Trinajstić information content (AvgIpc) is 2.89. The molecule has 0 fully saturated rings. The van der Waals surface area contributed by atoms with Gasteiger partial charge in [0.1, 0.15) is 0 Å². The number of carboxylic acid groups (broad SMARTS) is 1. The first kappa shape index (κ1) is 32.0. The van der Waals surface area contributed by atoms with Crippen LogP contribution in [0.1, 0.15) is 58.8 Å². The summed E-state index contributed by atoms with van der Waals surface area (Å²) < 4.78 is 20.7. The van der Waals surface area contributed by atoms with E-state index in [9.17, 15) is 39.3 Å². The van der Waals surface area contributed by atoms with E-state index in [1.807, 2.05) is 0 Å². The summed E-state index contributed by atoms with van der Waals surface area (Å²) in [6.45, 7) is 4.82. The van der Waals surface area contributed by atoms with Gasteiger partial charge in [-0.1, -0.05) is 12.1 Å². The highest BCUT2D eigenvalue weighted by molar-refractivity contribution is 6.10. The van der Waals surface area contributed by atoms with Crippen molar-refractivity contribution in [2.24, 2.45) is 0 Å². The fourth-order valence-corrected chi connectivity index (χ4v) is 3.73. The van der Waals surface area contributed by atoms with E-state index < -0.39 is 42.3 Å². The van der Waals surface area contributed by atoms with Crippen LogP contribution in [0, 0.1) is 0 Å². The van der Waals surface area contributed by atoms with Gasteiger partial charge in [0.2, 0.25) is 0 Å². The first-order chi connectivity index (χ1) is 20.2. The van der Waals surface area contributed by atoms with Crippen LogP contribution in [0.2, 0.25) is 0 Å². The number of rotatable bonds is 11. The molecule has 0 heterocycles. The van der Waals surface area contributed by atoms with E-state index in [0.717, 1.165) is 26.0 Å². The molecule has 0 aliphatic carbocycles. The molecule has 5 N–H and O–H groups in total. The highest BCUT2D eigenvalue weighted by Crippen LogP contribution is 2.35. The highest BCUT2D eigenvalue weighted by Gasteiger charge is 2.23. The Morgan fingerprint density at radius 3 is 1.63 bits per heavy atom. The number of aliphatic hydroxyl groups is 2. The third-order valence-electron chi connectivity index (χ3n) is 5.23. The summed E-state index contributed by atoms with van der Waals surface area (Å²) in [7, 11) is 0. The molecule has 0 radical (unpaired) electrons. The number of carbonyl (C=O) groups excluding carboxylic acids is 4. The zero-order valence-corrected chi connectivity index (χ0v) is 23.4. The van der Waals surface area contributed by atoms with E-state index >= 15 is 0 Å². The molecule has 2 unspecified atom stereocenters. The van der Waals surface area contributed by atoms with Crippen molar-refractivity contribution in [2.45, 2.75) is 40.3 Å². The molecule has 0 aromatic heterocycles. The smallest absolute Gasteiger partial charge is 0.335 e. The molecule has 2 amide bonds. The Kier molecular flexibility index (Phi) is 10.4. The first-order valence-electron chi connectivity index (χ1n) is 12.6. The van der Waals surface area contributed by atoms with Crippen molar-refractivity contribution in [1.29, 1.82) is 0 Å². The number of benzene rings is 3.